The summed E-state index contributed by atoms with van der Waals surface area (Å²) in [5, 5.41) is -0.226. The SMILES string of the molecule is Cc1cc(C(=O)Cl)cc(C)c1OC(=O)c1ccccc1Cl. The Bertz CT molecular complexity index is 700. The molecule has 0 aliphatic carbocycles. The quantitative estimate of drug-likeness (QED) is 0.473. The van der Waals surface area contributed by atoms with Crippen molar-refractivity contribution in [3.8, 4) is 5.75 Å². The van der Waals surface area contributed by atoms with Crippen LogP contribution in [0.5, 0.6) is 5.75 Å². The van der Waals surface area contributed by atoms with E-state index in [2.05, 4.69) is 0 Å². The van der Waals surface area contributed by atoms with E-state index in [0.717, 1.165) is 0 Å². The second kappa shape index (κ2) is 6.29. The molecule has 2 rings (SSSR count). The third-order valence-corrected chi connectivity index (χ3v) is 3.52. The minimum atomic E-state index is -0.551. The van der Waals surface area contributed by atoms with Crippen molar-refractivity contribution in [2.24, 2.45) is 0 Å². The summed E-state index contributed by atoms with van der Waals surface area (Å²) in [6.07, 6.45) is 0. The van der Waals surface area contributed by atoms with Crippen molar-refractivity contribution in [3.63, 3.8) is 0 Å². The average molecular weight is 323 g/mol. The summed E-state index contributed by atoms with van der Waals surface area (Å²) in [5.74, 6) is -0.140. The Morgan fingerprint density at radius 3 is 2.14 bits per heavy atom. The molecule has 0 saturated heterocycles. The minimum Gasteiger partial charge on any atom is -0.422 e. The smallest absolute Gasteiger partial charge is 0.345 e. The molecule has 0 atom stereocenters. The zero-order valence-electron chi connectivity index (χ0n) is 11.4. The third kappa shape index (κ3) is 3.43. The highest BCUT2D eigenvalue weighted by Crippen LogP contribution is 2.27. The molecule has 0 spiro atoms. The van der Waals surface area contributed by atoms with Crippen LogP contribution in [0.4, 0.5) is 0 Å². The van der Waals surface area contributed by atoms with E-state index in [9.17, 15) is 9.59 Å². The lowest BCUT2D eigenvalue weighted by atomic mass is 10.1. The number of aryl methyl sites for hydroxylation is 2. The molecule has 0 aromatic heterocycles. The van der Waals surface area contributed by atoms with Gasteiger partial charge in [0, 0.05) is 5.56 Å². The first-order valence-corrected chi connectivity index (χ1v) is 6.93. The molecule has 0 heterocycles. The van der Waals surface area contributed by atoms with Gasteiger partial charge in [-0.05, 0) is 60.8 Å². The zero-order chi connectivity index (χ0) is 15.6. The Kier molecular flexibility index (Phi) is 4.66. The Labute approximate surface area is 132 Å². The van der Waals surface area contributed by atoms with Crippen LogP contribution in [-0.2, 0) is 0 Å². The van der Waals surface area contributed by atoms with E-state index in [-0.39, 0.29) is 5.56 Å². The molecule has 0 fully saturated rings. The molecule has 2 aromatic carbocycles. The second-order valence-corrected chi connectivity index (χ2v) is 5.33. The number of carbonyl (C=O) groups excluding carboxylic acids is 2. The molecule has 0 saturated carbocycles. The van der Waals surface area contributed by atoms with Gasteiger partial charge in [0.05, 0.1) is 10.6 Å². The van der Waals surface area contributed by atoms with Gasteiger partial charge in [0.25, 0.3) is 5.24 Å². The zero-order valence-corrected chi connectivity index (χ0v) is 13.0. The van der Waals surface area contributed by atoms with Crippen molar-refractivity contribution in [1.82, 2.24) is 0 Å². The number of hydrogen-bond acceptors (Lipinski definition) is 3. The molecule has 0 unspecified atom stereocenters. The summed E-state index contributed by atoms with van der Waals surface area (Å²) in [6.45, 7) is 3.48. The number of benzene rings is 2. The van der Waals surface area contributed by atoms with Crippen molar-refractivity contribution in [1.29, 1.82) is 0 Å². The minimum absolute atomic E-state index is 0.287. The average Bonchev–Trinajstić information content (AvgIpc) is 2.42. The number of halogens is 2. The maximum absolute atomic E-state index is 12.2. The van der Waals surface area contributed by atoms with Gasteiger partial charge in [0.1, 0.15) is 5.75 Å². The fraction of sp³-hybridized carbons (Fsp3) is 0.125. The van der Waals surface area contributed by atoms with Crippen molar-refractivity contribution < 1.29 is 14.3 Å². The normalized spacial score (nSPS) is 10.3. The summed E-state index contributed by atoms with van der Waals surface area (Å²) < 4.78 is 5.40. The van der Waals surface area contributed by atoms with E-state index in [1.807, 2.05) is 0 Å². The first-order chi connectivity index (χ1) is 9.90. The van der Waals surface area contributed by atoms with Crippen LogP contribution in [0.2, 0.25) is 5.02 Å². The van der Waals surface area contributed by atoms with Crippen molar-refractivity contribution in [2.75, 3.05) is 0 Å². The van der Waals surface area contributed by atoms with Gasteiger partial charge in [0.15, 0.2) is 0 Å². The molecular formula is C16H12Cl2O3. The highest BCUT2D eigenvalue weighted by atomic mass is 35.5. The molecule has 21 heavy (non-hydrogen) atoms. The lowest BCUT2D eigenvalue weighted by Gasteiger charge is -2.12. The highest BCUT2D eigenvalue weighted by molar-refractivity contribution is 6.67. The van der Waals surface area contributed by atoms with Crippen LogP contribution in [0.25, 0.3) is 0 Å². The molecular weight excluding hydrogens is 311 g/mol. The molecule has 0 aliphatic heterocycles. The van der Waals surface area contributed by atoms with Crippen LogP contribution in [0.1, 0.15) is 31.8 Å². The van der Waals surface area contributed by atoms with Crippen molar-refractivity contribution >= 4 is 34.4 Å². The van der Waals surface area contributed by atoms with Gasteiger partial charge in [-0.2, -0.15) is 0 Å². The summed E-state index contributed by atoms with van der Waals surface area (Å²) >= 11 is 11.4. The Balaban J connectivity index is 2.34. The Morgan fingerprint density at radius 2 is 1.62 bits per heavy atom. The van der Waals surface area contributed by atoms with Gasteiger partial charge in [-0.25, -0.2) is 4.79 Å². The van der Waals surface area contributed by atoms with Gasteiger partial charge < -0.3 is 4.74 Å². The molecule has 2 aromatic rings. The van der Waals surface area contributed by atoms with Gasteiger partial charge in [-0.3, -0.25) is 4.79 Å². The Morgan fingerprint density at radius 1 is 1.05 bits per heavy atom. The molecule has 3 nitrogen and oxygen atoms in total. The number of hydrogen-bond donors (Lipinski definition) is 0. The Hall–Kier alpha value is -1.84. The number of carbonyl (C=O) groups is 2. The maximum Gasteiger partial charge on any atom is 0.345 e. The fourth-order valence-corrected chi connectivity index (χ4v) is 2.32. The van der Waals surface area contributed by atoms with Crippen LogP contribution in [0.3, 0.4) is 0 Å². The molecule has 0 radical (unpaired) electrons. The standard InChI is InChI=1S/C16H12Cl2O3/c1-9-7-11(15(18)19)8-10(2)14(9)21-16(20)12-5-3-4-6-13(12)17/h3-8H,1-2H3. The number of rotatable bonds is 3. The van der Waals surface area contributed by atoms with Crippen molar-refractivity contribution in [3.05, 3.63) is 63.7 Å². The van der Waals surface area contributed by atoms with Crippen LogP contribution in [-0.4, -0.2) is 11.2 Å². The predicted octanol–water partition coefficient (Wildman–Crippen LogP) is 4.56. The molecule has 0 amide bonds. The lowest BCUT2D eigenvalue weighted by Crippen LogP contribution is -2.11. The maximum atomic E-state index is 12.2. The summed E-state index contributed by atoms with van der Waals surface area (Å²) in [4.78, 5) is 23.3. The van der Waals surface area contributed by atoms with E-state index >= 15 is 0 Å². The first-order valence-electron chi connectivity index (χ1n) is 6.18. The predicted molar refractivity (Wildman–Crippen MR) is 82.5 cm³/mol. The first kappa shape index (κ1) is 15.5. The largest absolute Gasteiger partial charge is 0.422 e. The summed E-state index contributed by atoms with van der Waals surface area (Å²) in [5.41, 5.74) is 1.96. The van der Waals surface area contributed by atoms with Gasteiger partial charge >= 0.3 is 5.97 Å². The number of esters is 1. The molecule has 0 bridgehead atoms. The monoisotopic (exact) mass is 322 g/mol. The summed E-state index contributed by atoms with van der Waals surface area (Å²) in [6, 6.07) is 9.81. The van der Waals surface area contributed by atoms with Crippen LogP contribution in [0, 0.1) is 13.8 Å². The fourth-order valence-electron chi connectivity index (χ4n) is 2.00. The van der Waals surface area contributed by atoms with E-state index in [1.165, 1.54) is 0 Å². The van der Waals surface area contributed by atoms with Crippen LogP contribution in [0.15, 0.2) is 36.4 Å². The lowest BCUT2D eigenvalue weighted by molar-refractivity contribution is 0.0732. The molecule has 108 valence electrons. The van der Waals surface area contributed by atoms with Crippen molar-refractivity contribution in [2.45, 2.75) is 13.8 Å². The van der Waals surface area contributed by atoms with E-state index in [1.54, 1.807) is 50.2 Å². The highest BCUT2D eigenvalue weighted by Gasteiger charge is 2.16. The van der Waals surface area contributed by atoms with Crippen LogP contribution >= 0.6 is 23.2 Å². The van der Waals surface area contributed by atoms with E-state index < -0.39 is 11.2 Å². The molecule has 0 aliphatic rings. The topological polar surface area (TPSA) is 43.4 Å². The van der Waals surface area contributed by atoms with Crippen LogP contribution < -0.4 is 4.74 Å². The van der Waals surface area contributed by atoms with E-state index in [4.69, 9.17) is 27.9 Å². The van der Waals surface area contributed by atoms with Gasteiger partial charge in [-0.15, -0.1) is 0 Å². The third-order valence-electron chi connectivity index (χ3n) is 2.98. The van der Waals surface area contributed by atoms with Gasteiger partial charge in [-0.1, -0.05) is 23.7 Å². The molecule has 0 N–H and O–H groups in total. The van der Waals surface area contributed by atoms with E-state index in [0.29, 0.717) is 27.5 Å². The summed E-state index contributed by atoms with van der Waals surface area (Å²) in [7, 11) is 0. The van der Waals surface area contributed by atoms with Gasteiger partial charge in [0.2, 0.25) is 0 Å². The molecule has 5 heteroatoms. The number of ether oxygens (including phenoxy) is 1. The second-order valence-electron chi connectivity index (χ2n) is 4.58.